The fourth-order valence-electron chi connectivity index (χ4n) is 3.13. The number of ketones is 1. The topological polar surface area (TPSA) is 134 Å². The third-order valence-electron chi connectivity index (χ3n) is 4.51. The highest BCUT2D eigenvalue weighted by Crippen LogP contribution is 2.35. The van der Waals surface area contributed by atoms with Crippen molar-refractivity contribution in [1.29, 1.82) is 0 Å². The Morgan fingerprint density at radius 3 is 2.82 bits per heavy atom. The minimum Gasteiger partial charge on any atom is -0.456 e. The maximum atomic E-state index is 15.1. The monoisotopic (exact) mass is 392 g/mol. The lowest BCUT2D eigenvalue weighted by molar-refractivity contribution is -0.155. The van der Waals surface area contributed by atoms with Crippen LogP contribution in [0.3, 0.4) is 0 Å². The summed E-state index contributed by atoms with van der Waals surface area (Å²) in [7, 11) is 0. The molecule has 28 heavy (non-hydrogen) atoms. The first-order valence-corrected chi connectivity index (χ1v) is 8.59. The number of aliphatic hydroxyl groups is 1. The summed E-state index contributed by atoms with van der Waals surface area (Å²) in [4.78, 5) is 35.4. The van der Waals surface area contributed by atoms with E-state index in [4.69, 9.17) is 9.47 Å². The molecule has 0 saturated carbocycles. The summed E-state index contributed by atoms with van der Waals surface area (Å²) in [6.45, 7) is 0.802. The number of esters is 1. The fraction of sp³-hybridized carbons (Fsp3) is 0.500. The Morgan fingerprint density at radius 1 is 1.25 bits per heavy atom. The van der Waals surface area contributed by atoms with E-state index in [1.807, 2.05) is 0 Å². The Hall–Kier alpha value is -2.99. The zero-order valence-corrected chi connectivity index (χ0v) is 14.8. The van der Waals surface area contributed by atoms with Gasteiger partial charge in [0.15, 0.2) is 35.3 Å². The number of imidazole rings is 1. The quantitative estimate of drug-likeness (QED) is 0.575. The molecule has 0 spiro atoms. The van der Waals surface area contributed by atoms with Gasteiger partial charge in [-0.25, -0.2) is 23.9 Å². The van der Waals surface area contributed by atoms with Crippen LogP contribution in [0, 0.1) is 0 Å². The molecule has 0 aromatic carbocycles. The van der Waals surface area contributed by atoms with Crippen molar-refractivity contribution in [3.05, 3.63) is 19.0 Å². The average molecular weight is 392 g/mol. The maximum absolute atomic E-state index is 15.1. The van der Waals surface area contributed by atoms with Gasteiger partial charge in [0.25, 0.3) is 0 Å². The van der Waals surface area contributed by atoms with Gasteiger partial charge in [0, 0.05) is 6.42 Å². The van der Waals surface area contributed by atoms with Crippen LogP contribution in [0.1, 0.15) is 26.0 Å². The molecular formula is C16H17FN6O5. The number of ether oxygens (including phenoxy) is 2. The van der Waals surface area contributed by atoms with E-state index in [9.17, 15) is 14.7 Å². The van der Waals surface area contributed by atoms with Crippen molar-refractivity contribution in [2.75, 3.05) is 6.61 Å². The first-order chi connectivity index (χ1) is 13.5. The highest BCUT2D eigenvalue weighted by Gasteiger charge is 2.48. The van der Waals surface area contributed by atoms with E-state index >= 15 is 4.39 Å². The minimum absolute atomic E-state index is 0.00100. The normalized spacial score (nSPS) is 24.8. The van der Waals surface area contributed by atoms with E-state index in [1.54, 1.807) is 0 Å². The first kappa shape index (κ1) is 18.4. The molecule has 0 aliphatic carbocycles. The Morgan fingerprint density at radius 2 is 2.07 bits per heavy atom. The number of carbonyl (C=O) groups is 2. The number of nitrogens with zero attached hydrogens (tertiary/aromatic N) is 6. The van der Waals surface area contributed by atoms with Gasteiger partial charge in [0.1, 0.15) is 24.5 Å². The van der Waals surface area contributed by atoms with Crippen LogP contribution < -0.4 is 0 Å². The van der Waals surface area contributed by atoms with Crippen molar-refractivity contribution in [3.8, 4) is 0 Å². The van der Waals surface area contributed by atoms with E-state index in [-0.39, 0.29) is 18.6 Å². The number of carbonyl (C=O) groups excluding carboxylic acids is 2. The van der Waals surface area contributed by atoms with Crippen molar-refractivity contribution >= 4 is 28.6 Å². The Labute approximate surface area is 157 Å². The van der Waals surface area contributed by atoms with Crippen LogP contribution in [0.5, 0.6) is 0 Å². The van der Waals surface area contributed by atoms with Crippen LogP contribution in [-0.4, -0.2) is 71.0 Å². The molecule has 4 rings (SSSR count). The smallest absolute Gasteiger partial charge is 0.306 e. The van der Waals surface area contributed by atoms with Gasteiger partial charge < -0.3 is 19.4 Å². The largest absolute Gasteiger partial charge is 0.456 e. The third kappa shape index (κ3) is 3.10. The average Bonchev–Trinajstić information content (AvgIpc) is 3.37. The zero-order valence-electron chi connectivity index (χ0n) is 14.8. The molecule has 1 aliphatic rings. The lowest BCUT2D eigenvalue weighted by Crippen LogP contribution is -2.35. The molecular weight excluding hydrogens is 375 g/mol. The summed E-state index contributed by atoms with van der Waals surface area (Å²) >= 11 is 0. The summed E-state index contributed by atoms with van der Waals surface area (Å²) in [5.41, 5.74) is 1.16. The van der Waals surface area contributed by atoms with Crippen molar-refractivity contribution in [3.63, 3.8) is 0 Å². The molecule has 11 nitrogen and oxygen atoms in total. The Kier molecular flexibility index (Phi) is 4.73. The van der Waals surface area contributed by atoms with Gasteiger partial charge >= 0.3 is 5.97 Å². The number of alkyl halides is 1. The van der Waals surface area contributed by atoms with Crippen LogP contribution in [0.25, 0.3) is 16.8 Å². The van der Waals surface area contributed by atoms with Crippen LogP contribution in [0.15, 0.2) is 19.0 Å². The van der Waals surface area contributed by atoms with E-state index in [0.717, 1.165) is 0 Å². The number of fused-ring (bicyclic) bond motifs is 3. The minimum atomic E-state index is -1.77. The van der Waals surface area contributed by atoms with Gasteiger partial charge in [-0.3, -0.25) is 9.36 Å². The van der Waals surface area contributed by atoms with E-state index in [2.05, 4.69) is 20.1 Å². The molecule has 1 saturated heterocycles. The lowest BCUT2D eigenvalue weighted by Gasteiger charge is -2.18. The fourth-order valence-corrected chi connectivity index (χ4v) is 3.13. The molecule has 3 aromatic heterocycles. The van der Waals surface area contributed by atoms with Crippen LogP contribution in [-0.2, 0) is 19.1 Å². The standard InChI is InChI=1S/C16H17FN6O5/c1-8(25)2-3-10(26)28-13-9(4-24)27-16(11(13)17)22-6-19-12-14(22)20-7-23-15(12)18-5-21-23/h5-7,9,11,13,16,24H,2-4H2,1H3/t9-,11-,13-,16-/m1/s1. The molecule has 0 bridgehead atoms. The van der Waals surface area contributed by atoms with Crippen LogP contribution in [0.4, 0.5) is 4.39 Å². The Bertz CT molecular complexity index is 1040. The van der Waals surface area contributed by atoms with Gasteiger partial charge in [-0.15, -0.1) is 0 Å². The predicted octanol–water partition coefficient (Wildman–Crippen LogP) is -0.0172. The summed E-state index contributed by atoms with van der Waals surface area (Å²) in [5.74, 6) is -0.909. The molecule has 0 unspecified atom stereocenters. The number of Topliss-reactive ketones (excluding diaryl/α,β-unsaturated/α-hetero) is 1. The lowest BCUT2D eigenvalue weighted by atomic mass is 10.1. The second kappa shape index (κ2) is 7.20. The summed E-state index contributed by atoms with van der Waals surface area (Å²) in [6, 6.07) is 0. The molecule has 4 atom stereocenters. The van der Waals surface area contributed by atoms with E-state index in [0.29, 0.717) is 16.8 Å². The second-order valence-electron chi connectivity index (χ2n) is 6.45. The number of aromatic nitrogens is 6. The molecule has 148 valence electrons. The van der Waals surface area contributed by atoms with Gasteiger partial charge in [0.2, 0.25) is 0 Å². The molecule has 1 N–H and O–H groups in total. The van der Waals surface area contributed by atoms with Gasteiger partial charge in [0.05, 0.1) is 19.4 Å². The zero-order chi connectivity index (χ0) is 19.8. The van der Waals surface area contributed by atoms with Crippen LogP contribution >= 0.6 is 0 Å². The summed E-state index contributed by atoms with van der Waals surface area (Å²) in [6.07, 6.45) is -1.41. The maximum Gasteiger partial charge on any atom is 0.306 e. The number of halogens is 1. The number of rotatable bonds is 6. The van der Waals surface area contributed by atoms with Gasteiger partial charge in [-0.2, -0.15) is 5.10 Å². The first-order valence-electron chi connectivity index (χ1n) is 8.59. The number of aliphatic hydroxyl groups excluding tert-OH is 1. The third-order valence-corrected chi connectivity index (χ3v) is 4.51. The van der Waals surface area contributed by atoms with Crippen molar-refractivity contribution in [2.45, 2.75) is 44.4 Å². The molecule has 12 heteroatoms. The summed E-state index contributed by atoms with van der Waals surface area (Å²) in [5, 5.41) is 13.5. The molecule has 0 amide bonds. The second-order valence-corrected chi connectivity index (χ2v) is 6.45. The summed E-state index contributed by atoms with van der Waals surface area (Å²) < 4.78 is 28.6. The highest BCUT2D eigenvalue weighted by molar-refractivity contribution is 5.84. The number of hydrogen-bond donors (Lipinski definition) is 1. The predicted molar refractivity (Wildman–Crippen MR) is 89.8 cm³/mol. The van der Waals surface area contributed by atoms with Gasteiger partial charge in [-0.1, -0.05) is 0 Å². The molecule has 0 radical (unpaired) electrons. The molecule has 1 fully saturated rings. The Balaban J connectivity index is 1.59. The highest BCUT2D eigenvalue weighted by atomic mass is 19.1. The van der Waals surface area contributed by atoms with Crippen molar-refractivity contribution < 1.29 is 28.6 Å². The SMILES string of the molecule is CC(=O)CCC(=O)O[C@H]1[C@@H](F)[C@H](n2cnc3c2ncn2ncnc32)O[C@@H]1CO. The molecule has 1 aliphatic heterocycles. The van der Waals surface area contributed by atoms with Gasteiger partial charge in [-0.05, 0) is 6.92 Å². The van der Waals surface area contributed by atoms with Crippen molar-refractivity contribution in [1.82, 2.24) is 29.1 Å². The van der Waals surface area contributed by atoms with E-state index in [1.165, 1.54) is 35.0 Å². The van der Waals surface area contributed by atoms with Crippen LogP contribution in [0.2, 0.25) is 0 Å². The number of hydrogen-bond acceptors (Lipinski definition) is 9. The molecule has 3 aromatic rings. The van der Waals surface area contributed by atoms with Crippen molar-refractivity contribution in [2.24, 2.45) is 0 Å². The molecule has 4 heterocycles. The van der Waals surface area contributed by atoms with E-state index < -0.39 is 37.2 Å².